The Morgan fingerprint density at radius 2 is 2.06 bits per heavy atom. The van der Waals surface area contributed by atoms with Crippen molar-refractivity contribution in [1.29, 1.82) is 0 Å². The van der Waals surface area contributed by atoms with Crippen molar-refractivity contribution in [3.63, 3.8) is 0 Å². The number of hydrogen-bond donors (Lipinski definition) is 3. The van der Waals surface area contributed by atoms with E-state index in [0.29, 0.717) is 29.9 Å². The van der Waals surface area contributed by atoms with Crippen LogP contribution in [0.1, 0.15) is 12.8 Å². The summed E-state index contributed by atoms with van der Waals surface area (Å²) < 4.78 is 0. The lowest BCUT2D eigenvalue weighted by atomic mass is 10.0. The predicted octanol–water partition coefficient (Wildman–Crippen LogP) is 1.04. The summed E-state index contributed by atoms with van der Waals surface area (Å²) in [5, 5.41) is 15.5. The first-order chi connectivity index (χ1) is 16.9. The minimum atomic E-state index is -1.21. The average molecular weight is 515 g/mol. The molecule has 3 saturated heterocycles. The molecule has 4 aliphatic heterocycles. The highest BCUT2D eigenvalue weighted by atomic mass is 32.2. The zero-order chi connectivity index (χ0) is 24.5. The number of nitrogens with zero attached hydrogens (tertiary/aromatic N) is 2. The highest BCUT2D eigenvalue weighted by molar-refractivity contribution is 8.00. The zero-order valence-corrected chi connectivity index (χ0v) is 20.6. The van der Waals surface area contributed by atoms with Crippen LogP contribution in [-0.4, -0.2) is 87.2 Å². The number of carbonyl (C=O) groups excluding carboxylic acids is 3. The predicted molar refractivity (Wildman–Crippen MR) is 133 cm³/mol. The molecule has 4 aliphatic rings. The molecule has 0 saturated carbocycles. The Morgan fingerprint density at radius 1 is 1.26 bits per heavy atom. The number of fused-ring (bicyclic) bond motifs is 1. The van der Waals surface area contributed by atoms with Crippen LogP contribution in [0.3, 0.4) is 0 Å². The minimum Gasteiger partial charge on any atom is -0.477 e. The fourth-order valence-corrected chi connectivity index (χ4v) is 6.90. The molecule has 0 aliphatic carbocycles. The van der Waals surface area contributed by atoms with Crippen LogP contribution in [0.25, 0.3) is 0 Å². The van der Waals surface area contributed by atoms with Crippen LogP contribution in [-0.2, 0) is 19.2 Å². The summed E-state index contributed by atoms with van der Waals surface area (Å²) in [5.74, 6) is -1.46. The maximum absolute atomic E-state index is 12.9. The third kappa shape index (κ3) is 4.72. The highest BCUT2D eigenvalue weighted by Crippen LogP contribution is 2.41. The second-order valence-electron chi connectivity index (χ2n) is 8.80. The fourth-order valence-electron chi connectivity index (χ4n) is 4.87. The Labute approximate surface area is 211 Å². The Balaban J connectivity index is 1.26. The van der Waals surface area contributed by atoms with Gasteiger partial charge in [-0.15, -0.1) is 23.5 Å². The molecular weight excluding hydrogens is 488 g/mol. The van der Waals surface area contributed by atoms with Crippen LogP contribution in [0, 0.1) is 0 Å². The molecule has 0 aromatic heterocycles. The van der Waals surface area contributed by atoms with Gasteiger partial charge in [0.1, 0.15) is 17.1 Å². The number of carboxylic acid groups (broad SMARTS) is 1. The van der Waals surface area contributed by atoms with Crippen molar-refractivity contribution in [3.8, 4) is 0 Å². The number of carboxylic acids is 1. The molecule has 3 N–H and O–H groups in total. The molecular formula is C24H26N4O5S2. The number of rotatable bonds is 7. The first-order valence-electron chi connectivity index (χ1n) is 11.5. The van der Waals surface area contributed by atoms with E-state index in [1.807, 2.05) is 35.2 Å². The first kappa shape index (κ1) is 24.0. The van der Waals surface area contributed by atoms with Crippen molar-refractivity contribution >= 4 is 47.2 Å². The van der Waals surface area contributed by atoms with Gasteiger partial charge in [-0.2, -0.15) is 0 Å². The van der Waals surface area contributed by atoms with E-state index >= 15 is 0 Å². The fraction of sp³-hybridized carbons (Fsp3) is 0.417. The van der Waals surface area contributed by atoms with Gasteiger partial charge < -0.3 is 20.6 Å². The molecule has 35 heavy (non-hydrogen) atoms. The molecule has 1 aromatic rings. The van der Waals surface area contributed by atoms with Gasteiger partial charge in [0.05, 0.1) is 5.75 Å². The number of aliphatic carboxylic acids is 1. The van der Waals surface area contributed by atoms with Gasteiger partial charge in [0.15, 0.2) is 0 Å². The molecule has 3 atom stereocenters. The molecule has 0 spiro atoms. The maximum Gasteiger partial charge on any atom is 0.352 e. The first-order valence-corrected chi connectivity index (χ1v) is 13.6. The standard InChI is InChI=1S/C24H26N4O5S2/c29-18(13-34-17-4-2-1-3-5-17)26-19-22(31)28-20(24(32)33)15(12-35-23(19)28)10-14-7-9-27(21(14)30)16-6-8-25-11-16/h1-5,10,16,19,23,25H,6-9,11-13H2,(H,26,29)(H,32,33)/b14-10+/t16-,19-,23-/m1/s1. The Morgan fingerprint density at radius 3 is 2.77 bits per heavy atom. The summed E-state index contributed by atoms with van der Waals surface area (Å²) in [4.78, 5) is 54.4. The molecule has 184 valence electrons. The number of benzene rings is 1. The van der Waals surface area contributed by atoms with E-state index in [0.717, 1.165) is 24.4 Å². The van der Waals surface area contributed by atoms with Crippen molar-refractivity contribution in [3.05, 3.63) is 53.3 Å². The molecule has 0 bridgehead atoms. The van der Waals surface area contributed by atoms with Gasteiger partial charge in [-0.1, -0.05) is 18.2 Å². The number of nitrogens with one attached hydrogen (secondary N) is 2. The van der Waals surface area contributed by atoms with E-state index in [1.54, 1.807) is 6.08 Å². The van der Waals surface area contributed by atoms with Crippen molar-refractivity contribution in [2.45, 2.75) is 35.2 Å². The van der Waals surface area contributed by atoms with Crippen LogP contribution in [0.15, 0.2) is 58.1 Å². The lowest BCUT2D eigenvalue weighted by Gasteiger charge is -2.49. The van der Waals surface area contributed by atoms with Crippen molar-refractivity contribution in [1.82, 2.24) is 20.4 Å². The van der Waals surface area contributed by atoms with Gasteiger partial charge in [0, 0.05) is 35.4 Å². The van der Waals surface area contributed by atoms with Gasteiger partial charge in [0.25, 0.3) is 5.91 Å². The molecule has 0 unspecified atom stereocenters. The van der Waals surface area contributed by atoms with Gasteiger partial charge in [-0.25, -0.2) is 4.79 Å². The number of amides is 3. The normalized spacial score (nSPS) is 27.3. The van der Waals surface area contributed by atoms with Crippen molar-refractivity contribution < 1.29 is 24.3 Å². The molecule has 5 rings (SSSR count). The van der Waals surface area contributed by atoms with Gasteiger partial charge >= 0.3 is 5.97 Å². The van der Waals surface area contributed by atoms with Crippen LogP contribution < -0.4 is 10.6 Å². The quantitative estimate of drug-likeness (QED) is 0.281. The molecule has 9 nitrogen and oxygen atoms in total. The van der Waals surface area contributed by atoms with E-state index in [1.165, 1.54) is 28.4 Å². The third-order valence-electron chi connectivity index (χ3n) is 6.61. The van der Waals surface area contributed by atoms with Gasteiger partial charge in [0.2, 0.25) is 11.8 Å². The molecule has 4 heterocycles. The summed E-state index contributed by atoms with van der Waals surface area (Å²) in [6.07, 6.45) is 3.14. The Kier molecular flexibility index (Phi) is 6.90. The number of likely N-dealkylation sites (tertiary alicyclic amines) is 1. The Bertz CT molecular complexity index is 1120. The second kappa shape index (κ2) is 10.1. The summed E-state index contributed by atoms with van der Waals surface area (Å²) in [6.45, 7) is 2.29. The number of β-lactam (4-membered cyclic amide) rings is 1. The average Bonchev–Trinajstić information content (AvgIpc) is 3.51. The van der Waals surface area contributed by atoms with E-state index in [2.05, 4.69) is 10.6 Å². The third-order valence-corrected chi connectivity index (χ3v) is 8.93. The lowest BCUT2D eigenvalue weighted by molar-refractivity contribution is -0.150. The molecule has 11 heteroatoms. The van der Waals surface area contributed by atoms with Crippen LogP contribution in [0.2, 0.25) is 0 Å². The number of thioether (sulfide) groups is 2. The van der Waals surface area contributed by atoms with Crippen LogP contribution in [0.4, 0.5) is 0 Å². The van der Waals surface area contributed by atoms with E-state index in [9.17, 15) is 24.3 Å². The van der Waals surface area contributed by atoms with E-state index in [4.69, 9.17) is 0 Å². The molecule has 3 amide bonds. The number of hydrogen-bond acceptors (Lipinski definition) is 7. The summed E-state index contributed by atoms with van der Waals surface area (Å²) in [6, 6.07) is 8.91. The zero-order valence-electron chi connectivity index (χ0n) is 18.9. The summed E-state index contributed by atoms with van der Waals surface area (Å²) >= 11 is 2.78. The summed E-state index contributed by atoms with van der Waals surface area (Å²) in [7, 11) is 0. The van der Waals surface area contributed by atoms with E-state index in [-0.39, 0.29) is 29.3 Å². The topological polar surface area (TPSA) is 119 Å². The molecule has 0 radical (unpaired) electrons. The largest absolute Gasteiger partial charge is 0.477 e. The Hall–Kier alpha value is -2.76. The highest BCUT2D eigenvalue weighted by Gasteiger charge is 2.54. The second-order valence-corrected chi connectivity index (χ2v) is 11.0. The molecule has 3 fully saturated rings. The van der Waals surface area contributed by atoms with Crippen LogP contribution >= 0.6 is 23.5 Å². The smallest absolute Gasteiger partial charge is 0.352 e. The van der Waals surface area contributed by atoms with Gasteiger partial charge in [-0.3, -0.25) is 19.3 Å². The summed E-state index contributed by atoms with van der Waals surface area (Å²) in [5.41, 5.74) is 0.955. The van der Waals surface area contributed by atoms with Gasteiger partial charge in [-0.05, 0) is 43.2 Å². The van der Waals surface area contributed by atoms with Crippen LogP contribution in [0.5, 0.6) is 0 Å². The van der Waals surface area contributed by atoms with Crippen molar-refractivity contribution in [2.24, 2.45) is 0 Å². The monoisotopic (exact) mass is 514 g/mol. The number of allylic oxidation sites excluding steroid dienone is 1. The minimum absolute atomic E-state index is 0.0564. The SMILES string of the molecule is O=C(CSc1ccccc1)N[C@@H]1C(=O)N2C(C(=O)O)=C(/C=C3\CCN([C@@H]4CCNC4)C3=O)CS[C@H]12. The van der Waals surface area contributed by atoms with E-state index < -0.39 is 23.3 Å². The maximum atomic E-state index is 12.9. The lowest BCUT2D eigenvalue weighted by Crippen LogP contribution is -2.70. The van der Waals surface area contributed by atoms with Crippen molar-refractivity contribution in [2.75, 3.05) is 31.1 Å². The molecule has 1 aromatic carbocycles. The number of carbonyl (C=O) groups is 4.